The van der Waals surface area contributed by atoms with Crippen molar-refractivity contribution < 1.29 is 19.5 Å². The Kier molecular flexibility index (Phi) is 5.04. The zero-order valence-electron chi connectivity index (χ0n) is 13.9. The molecular formula is C20H15NO4S. The molecule has 1 heterocycles. The molecule has 0 bridgehead atoms. The van der Waals surface area contributed by atoms with Crippen LogP contribution in [0.4, 0.5) is 4.79 Å². The summed E-state index contributed by atoms with van der Waals surface area (Å²) in [5.41, 5.74) is 2.48. The maximum absolute atomic E-state index is 12.2. The highest BCUT2D eigenvalue weighted by Crippen LogP contribution is 2.26. The van der Waals surface area contributed by atoms with Gasteiger partial charge in [0.25, 0.3) is 11.1 Å². The van der Waals surface area contributed by atoms with E-state index in [1.54, 1.807) is 61.5 Å². The standard InChI is InChI=1S/C20H15NO4S/c1-12-3-2-4-15(18(12)23)16(22)10-9-13-5-7-14(8-6-13)11-17-19(24)21-20(25)26-17/h2-11,23H,1H3,(H,21,24,25)/b10-9+,17-11-. The fourth-order valence-electron chi connectivity index (χ4n) is 2.40. The van der Waals surface area contributed by atoms with Crippen LogP contribution in [0, 0.1) is 6.92 Å². The predicted molar refractivity (Wildman–Crippen MR) is 102 cm³/mol. The Labute approximate surface area is 154 Å². The Balaban J connectivity index is 1.73. The normalized spacial score (nSPS) is 15.7. The summed E-state index contributed by atoms with van der Waals surface area (Å²) in [6.45, 7) is 1.74. The third-order valence-electron chi connectivity index (χ3n) is 3.81. The van der Waals surface area contributed by atoms with Gasteiger partial charge in [-0.1, -0.05) is 42.5 Å². The molecular weight excluding hydrogens is 350 g/mol. The molecule has 2 aromatic carbocycles. The highest BCUT2D eigenvalue weighted by Gasteiger charge is 2.24. The van der Waals surface area contributed by atoms with Gasteiger partial charge in [0.1, 0.15) is 5.75 Å². The SMILES string of the molecule is Cc1cccc(C(=O)/C=C/c2ccc(/C=C3\SC(=O)NC3=O)cc2)c1O. The summed E-state index contributed by atoms with van der Waals surface area (Å²) >= 11 is 0.866. The average molecular weight is 365 g/mol. The van der Waals surface area contributed by atoms with E-state index in [-0.39, 0.29) is 22.3 Å². The number of thioether (sulfide) groups is 1. The van der Waals surface area contributed by atoms with Crippen LogP contribution in [-0.4, -0.2) is 22.0 Å². The van der Waals surface area contributed by atoms with Gasteiger partial charge < -0.3 is 5.11 Å². The van der Waals surface area contributed by atoms with E-state index in [1.165, 1.54) is 6.08 Å². The number of phenols is 1. The molecule has 1 fully saturated rings. The van der Waals surface area contributed by atoms with E-state index < -0.39 is 5.91 Å². The minimum absolute atomic E-state index is 0.00832. The number of amides is 2. The first-order valence-electron chi connectivity index (χ1n) is 7.80. The number of hydrogen-bond donors (Lipinski definition) is 2. The maximum Gasteiger partial charge on any atom is 0.290 e. The van der Waals surface area contributed by atoms with E-state index in [2.05, 4.69) is 5.32 Å². The van der Waals surface area contributed by atoms with Gasteiger partial charge in [-0.05, 0) is 53.6 Å². The Morgan fingerprint density at radius 1 is 1.08 bits per heavy atom. The first-order chi connectivity index (χ1) is 12.4. The lowest BCUT2D eigenvalue weighted by Crippen LogP contribution is -2.17. The minimum Gasteiger partial charge on any atom is -0.507 e. The second-order valence-electron chi connectivity index (χ2n) is 5.69. The van der Waals surface area contributed by atoms with E-state index in [9.17, 15) is 19.5 Å². The first kappa shape index (κ1) is 17.7. The summed E-state index contributed by atoms with van der Waals surface area (Å²) in [7, 11) is 0. The molecule has 0 radical (unpaired) electrons. The second kappa shape index (κ2) is 7.41. The van der Waals surface area contributed by atoms with Crippen LogP contribution in [0.1, 0.15) is 27.0 Å². The van der Waals surface area contributed by atoms with E-state index >= 15 is 0 Å². The smallest absolute Gasteiger partial charge is 0.290 e. The van der Waals surface area contributed by atoms with Crippen LogP contribution >= 0.6 is 11.8 Å². The molecule has 6 heteroatoms. The number of ketones is 1. The van der Waals surface area contributed by atoms with Crippen LogP contribution in [0.3, 0.4) is 0 Å². The van der Waals surface area contributed by atoms with Crippen LogP contribution in [0.5, 0.6) is 5.75 Å². The number of para-hydroxylation sites is 1. The molecule has 26 heavy (non-hydrogen) atoms. The Hall–Kier alpha value is -3.12. The highest BCUT2D eigenvalue weighted by atomic mass is 32.2. The van der Waals surface area contributed by atoms with Crippen molar-refractivity contribution in [2.24, 2.45) is 0 Å². The van der Waals surface area contributed by atoms with Gasteiger partial charge in [0, 0.05) is 0 Å². The first-order valence-corrected chi connectivity index (χ1v) is 8.61. The molecule has 3 rings (SSSR count). The van der Waals surface area contributed by atoms with E-state index in [1.807, 2.05) is 0 Å². The minimum atomic E-state index is -0.396. The van der Waals surface area contributed by atoms with Gasteiger partial charge in [-0.25, -0.2) is 0 Å². The van der Waals surface area contributed by atoms with Crippen molar-refractivity contribution in [1.29, 1.82) is 0 Å². The molecule has 2 amide bonds. The quantitative estimate of drug-likeness (QED) is 0.634. The van der Waals surface area contributed by atoms with E-state index in [0.29, 0.717) is 10.5 Å². The lowest BCUT2D eigenvalue weighted by atomic mass is 10.0. The molecule has 0 aromatic heterocycles. The number of carbonyl (C=O) groups is 3. The Bertz CT molecular complexity index is 958. The van der Waals surface area contributed by atoms with Crippen LogP contribution in [-0.2, 0) is 4.79 Å². The van der Waals surface area contributed by atoms with E-state index in [4.69, 9.17) is 0 Å². The number of hydrogen-bond acceptors (Lipinski definition) is 5. The monoisotopic (exact) mass is 365 g/mol. The van der Waals surface area contributed by atoms with Crippen molar-refractivity contribution >= 4 is 40.8 Å². The topological polar surface area (TPSA) is 83.5 Å². The number of allylic oxidation sites excluding steroid dienone is 1. The number of benzene rings is 2. The van der Waals surface area contributed by atoms with Crippen LogP contribution < -0.4 is 5.32 Å². The van der Waals surface area contributed by atoms with Gasteiger partial charge in [-0.3, -0.25) is 19.7 Å². The number of aromatic hydroxyl groups is 1. The molecule has 2 aromatic rings. The summed E-state index contributed by atoms with van der Waals surface area (Å²) in [6.07, 6.45) is 4.69. The van der Waals surface area contributed by atoms with Crippen molar-refractivity contribution in [3.05, 3.63) is 75.7 Å². The third-order valence-corrected chi connectivity index (χ3v) is 4.62. The molecule has 0 aliphatic carbocycles. The number of phenolic OH excluding ortho intramolecular Hbond substituents is 1. The summed E-state index contributed by atoms with van der Waals surface area (Å²) in [4.78, 5) is 35.2. The molecule has 5 nitrogen and oxygen atoms in total. The van der Waals surface area contributed by atoms with Gasteiger partial charge in [0.15, 0.2) is 5.78 Å². The molecule has 0 unspecified atom stereocenters. The van der Waals surface area contributed by atoms with Crippen molar-refractivity contribution in [2.75, 3.05) is 0 Å². The van der Waals surface area contributed by atoms with Gasteiger partial charge in [-0.2, -0.15) is 0 Å². The van der Waals surface area contributed by atoms with Gasteiger partial charge in [0.2, 0.25) is 0 Å². The number of imide groups is 1. The third kappa shape index (κ3) is 3.92. The fraction of sp³-hybridized carbons (Fsp3) is 0.0500. The molecule has 130 valence electrons. The Morgan fingerprint density at radius 2 is 1.77 bits per heavy atom. The summed E-state index contributed by atoms with van der Waals surface area (Å²) in [5.74, 6) is -0.687. The predicted octanol–water partition coefficient (Wildman–Crippen LogP) is 3.92. The van der Waals surface area contributed by atoms with Crippen LogP contribution in [0.15, 0.2) is 53.4 Å². The van der Waals surface area contributed by atoms with Crippen LogP contribution in [0.25, 0.3) is 12.2 Å². The zero-order valence-corrected chi connectivity index (χ0v) is 14.7. The molecule has 0 saturated carbocycles. The number of carbonyl (C=O) groups excluding carboxylic acids is 3. The summed E-state index contributed by atoms with van der Waals surface area (Å²) in [5, 5.41) is 11.8. The molecule has 0 atom stereocenters. The average Bonchev–Trinajstić information content (AvgIpc) is 2.93. The van der Waals surface area contributed by atoms with Crippen molar-refractivity contribution in [3.8, 4) is 5.75 Å². The number of aryl methyl sites for hydroxylation is 1. The summed E-state index contributed by atoms with van der Waals surface area (Å²) < 4.78 is 0. The molecule has 1 aliphatic heterocycles. The molecule has 0 spiro atoms. The van der Waals surface area contributed by atoms with Gasteiger partial charge in [-0.15, -0.1) is 0 Å². The van der Waals surface area contributed by atoms with Crippen LogP contribution in [0.2, 0.25) is 0 Å². The van der Waals surface area contributed by atoms with Crippen molar-refractivity contribution in [2.45, 2.75) is 6.92 Å². The van der Waals surface area contributed by atoms with Gasteiger partial charge >= 0.3 is 0 Å². The Morgan fingerprint density at radius 3 is 2.42 bits per heavy atom. The second-order valence-corrected chi connectivity index (χ2v) is 6.70. The van der Waals surface area contributed by atoms with Crippen molar-refractivity contribution in [3.63, 3.8) is 0 Å². The largest absolute Gasteiger partial charge is 0.507 e. The zero-order chi connectivity index (χ0) is 18.7. The van der Waals surface area contributed by atoms with Gasteiger partial charge in [0.05, 0.1) is 10.5 Å². The molecule has 2 N–H and O–H groups in total. The van der Waals surface area contributed by atoms with Crippen molar-refractivity contribution in [1.82, 2.24) is 5.32 Å². The lowest BCUT2D eigenvalue weighted by Gasteiger charge is -2.03. The molecule has 1 saturated heterocycles. The summed E-state index contributed by atoms with van der Waals surface area (Å²) in [6, 6.07) is 12.2. The lowest BCUT2D eigenvalue weighted by molar-refractivity contribution is -0.115. The fourth-order valence-corrected chi connectivity index (χ4v) is 3.08. The highest BCUT2D eigenvalue weighted by molar-refractivity contribution is 8.18. The molecule has 1 aliphatic rings. The number of nitrogens with one attached hydrogen (secondary N) is 1. The number of rotatable bonds is 4. The maximum atomic E-state index is 12.2. The van der Waals surface area contributed by atoms with E-state index in [0.717, 1.165) is 22.9 Å².